The zero-order valence-electron chi connectivity index (χ0n) is 13.6. The summed E-state index contributed by atoms with van der Waals surface area (Å²) in [4.78, 5) is 2.78. The minimum atomic E-state index is -1.09. The maximum absolute atomic E-state index is 9.98. The lowest BCUT2D eigenvalue weighted by atomic mass is 9.82. The van der Waals surface area contributed by atoms with E-state index in [2.05, 4.69) is 10.0 Å². The summed E-state index contributed by atoms with van der Waals surface area (Å²) in [5, 5.41) is 13.6. The van der Waals surface area contributed by atoms with Gasteiger partial charge in [-0.1, -0.05) is 31.1 Å². The summed E-state index contributed by atoms with van der Waals surface area (Å²) in [5.74, 6) is 0.938. The second kappa shape index (κ2) is 8.17. The van der Waals surface area contributed by atoms with Crippen molar-refractivity contribution in [3.8, 4) is 5.75 Å². The minimum Gasteiger partial charge on any atom is -0.497 e. The van der Waals surface area contributed by atoms with E-state index in [1.54, 1.807) is 7.11 Å². The summed E-state index contributed by atoms with van der Waals surface area (Å²) in [7, 11) is 1.63. The highest BCUT2D eigenvalue weighted by atomic mass is 16.6. The van der Waals surface area contributed by atoms with Gasteiger partial charge in [0.1, 0.15) is 5.75 Å². The number of hydrogen-bond acceptors (Lipinski definition) is 5. The molecule has 5 atom stereocenters. The minimum absolute atomic E-state index is 0.0178. The average molecular weight is 321 g/mol. The number of benzene rings is 1. The predicted molar refractivity (Wildman–Crippen MR) is 84.8 cm³/mol. The van der Waals surface area contributed by atoms with Crippen molar-refractivity contribution in [2.45, 2.75) is 38.9 Å². The van der Waals surface area contributed by atoms with E-state index in [1.165, 1.54) is 0 Å². The highest BCUT2D eigenvalue weighted by Gasteiger charge is 2.40. The number of aliphatic hydroxyl groups is 1. The molecule has 23 heavy (non-hydrogen) atoms. The van der Waals surface area contributed by atoms with Gasteiger partial charge in [0, 0.05) is 4.91 Å². The van der Waals surface area contributed by atoms with Crippen molar-refractivity contribution < 1.29 is 19.3 Å². The molecule has 1 aliphatic rings. The van der Waals surface area contributed by atoms with Crippen LogP contribution in [0.2, 0.25) is 0 Å². The van der Waals surface area contributed by atoms with Gasteiger partial charge in [0.25, 0.3) is 0 Å². The zero-order chi connectivity index (χ0) is 16.8. The van der Waals surface area contributed by atoms with E-state index in [0.717, 1.165) is 11.3 Å². The van der Waals surface area contributed by atoms with Crippen molar-refractivity contribution in [3.05, 3.63) is 40.3 Å². The first-order chi connectivity index (χ1) is 11.1. The van der Waals surface area contributed by atoms with Gasteiger partial charge in [-0.25, -0.2) is 0 Å². The van der Waals surface area contributed by atoms with Crippen LogP contribution in [-0.2, 0) is 16.1 Å². The summed E-state index contributed by atoms with van der Waals surface area (Å²) in [5.41, 5.74) is 9.61. The Morgan fingerprint density at radius 1 is 1.26 bits per heavy atom. The lowest BCUT2D eigenvalue weighted by Gasteiger charge is -2.40. The first kappa shape index (κ1) is 17.6. The molecule has 3 unspecified atom stereocenters. The molecule has 0 spiro atoms. The van der Waals surface area contributed by atoms with Gasteiger partial charge in [-0.05, 0) is 35.1 Å². The molecule has 0 radical (unpaired) electrons. The fourth-order valence-corrected chi connectivity index (χ4v) is 2.72. The van der Waals surface area contributed by atoms with Crippen LogP contribution in [-0.4, -0.2) is 37.3 Å². The standard InChI is InChI=1S/C16H23N3O4/c1-10-11(2)15(18-19-17)16(20)23-14(10)9-22-8-12-4-6-13(21-3)7-5-12/h4-7,10-11,14-16,20H,8-9H2,1-3H3/t10-,11-,14?,15?,16?/m0/s1. The summed E-state index contributed by atoms with van der Waals surface area (Å²) < 4.78 is 16.4. The van der Waals surface area contributed by atoms with E-state index in [-0.39, 0.29) is 17.9 Å². The number of methoxy groups -OCH3 is 1. The fraction of sp³-hybridized carbons (Fsp3) is 0.625. The SMILES string of the molecule is COc1ccc(COCC2OC(O)C(N=[N+]=[N-])[C@@H](C)[C@@H]2C)cc1. The van der Waals surface area contributed by atoms with Crippen LogP contribution < -0.4 is 4.74 Å². The number of hydrogen-bond donors (Lipinski definition) is 1. The molecule has 126 valence electrons. The van der Waals surface area contributed by atoms with Crippen LogP contribution in [0.4, 0.5) is 0 Å². The van der Waals surface area contributed by atoms with Gasteiger partial charge in [-0.3, -0.25) is 0 Å². The molecule has 0 aromatic heterocycles. The number of nitrogens with zero attached hydrogens (tertiary/aromatic N) is 3. The molecule has 1 heterocycles. The van der Waals surface area contributed by atoms with Gasteiger partial charge in [0.05, 0.1) is 32.5 Å². The average Bonchev–Trinajstić information content (AvgIpc) is 2.56. The van der Waals surface area contributed by atoms with Gasteiger partial charge in [0.2, 0.25) is 0 Å². The normalized spacial score (nSPS) is 30.5. The van der Waals surface area contributed by atoms with E-state index in [4.69, 9.17) is 19.7 Å². The third-order valence-corrected chi connectivity index (χ3v) is 4.46. The predicted octanol–water partition coefficient (Wildman–Crippen LogP) is 2.88. The van der Waals surface area contributed by atoms with E-state index in [0.29, 0.717) is 13.2 Å². The first-order valence-electron chi connectivity index (χ1n) is 7.65. The number of aliphatic hydroxyl groups excluding tert-OH is 1. The molecule has 0 saturated carbocycles. The van der Waals surface area contributed by atoms with E-state index < -0.39 is 12.3 Å². The second-order valence-electron chi connectivity index (χ2n) is 5.84. The van der Waals surface area contributed by atoms with Crippen LogP contribution in [0.15, 0.2) is 29.4 Å². The molecule has 1 aromatic rings. The van der Waals surface area contributed by atoms with Crippen LogP contribution in [0.1, 0.15) is 19.4 Å². The van der Waals surface area contributed by atoms with Crippen LogP contribution in [0.5, 0.6) is 5.75 Å². The Morgan fingerprint density at radius 3 is 2.57 bits per heavy atom. The molecule has 0 aliphatic carbocycles. The maximum atomic E-state index is 9.98. The Hall–Kier alpha value is -1.79. The molecule has 0 amide bonds. The Balaban J connectivity index is 1.86. The lowest BCUT2D eigenvalue weighted by Crippen LogP contribution is -2.49. The Bertz CT molecular complexity index is 545. The molecule has 1 aromatic carbocycles. The number of azide groups is 1. The fourth-order valence-electron chi connectivity index (χ4n) is 2.72. The summed E-state index contributed by atoms with van der Waals surface area (Å²) in [6, 6.07) is 7.09. The molecule has 1 N–H and O–H groups in total. The van der Waals surface area contributed by atoms with Gasteiger partial charge in [-0.15, -0.1) is 0 Å². The Morgan fingerprint density at radius 2 is 1.96 bits per heavy atom. The van der Waals surface area contributed by atoms with Gasteiger partial charge in [-0.2, -0.15) is 0 Å². The highest BCUT2D eigenvalue weighted by Crippen LogP contribution is 2.32. The molecule has 1 saturated heterocycles. The van der Waals surface area contributed by atoms with Crippen LogP contribution in [0.25, 0.3) is 10.4 Å². The molecular formula is C16H23N3O4. The molecule has 7 nitrogen and oxygen atoms in total. The molecule has 2 rings (SSSR count). The van der Waals surface area contributed by atoms with Crippen molar-refractivity contribution >= 4 is 0 Å². The van der Waals surface area contributed by atoms with E-state index in [9.17, 15) is 5.11 Å². The van der Waals surface area contributed by atoms with Gasteiger partial charge < -0.3 is 19.3 Å². The van der Waals surface area contributed by atoms with Crippen LogP contribution in [0.3, 0.4) is 0 Å². The lowest BCUT2D eigenvalue weighted by molar-refractivity contribution is -0.218. The first-order valence-corrected chi connectivity index (χ1v) is 7.65. The summed E-state index contributed by atoms with van der Waals surface area (Å²) in [6.45, 7) is 4.79. The molecule has 7 heteroatoms. The topological polar surface area (TPSA) is 96.7 Å². The summed E-state index contributed by atoms with van der Waals surface area (Å²) >= 11 is 0. The second-order valence-corrected chi connectivity index (χ2v) is 5.84. The molecule has 0 bridgehead atoms. The quantitative estimate of drug-likeness (QED) is 0.495. The Kier molecular flexibility index (Phi) is 6.24. The number of rotatable bonds is 6. The third-order valence-electron chi connectivity index (χ3n) is 4.46. The largest absolute Gasteiger partial charge is 0.497 e. The smallest absolute Gasteiger partial charge is 0.163 e. The van der Waals surface area contributed by atoms with Crippen LogP contribution in [0, 0.1) is 11.8 Å². The monoisotopic (exact) mass is 321 g/mol. The maximum Gasteiger partial charge on any atom is 0.163 e. The highest BCUT2D eigenvalue weighted by molar-refractivity contribution is 5.26. The van der Waals surface area contributed by atoms with Crippen molar-refractivity contribution in [1.29, 1.82) is 0 Å². The number of ether oxygens (including phenoxy) is 3. The van der Waals surface area contributed by atoms with Crippen molar-refractivity contribution in [2.24, 2.45) is 17.0 Å². The molecule has 1 fully saturated rings. The van der Waals surface area contributed by atoms with Gasteiger partial charge >= 0.3 is 0 Å². The third kappa shape index (κ3) is 4.36. The zero-order valence-corrected chi connectivity index (χ0v) is 13.6. The van der Waals surface area contributed by atoms with E-state index in [1.807, 2.05) is 38.1 Å². The van der Waals surface area contributed by atoms with Crippen molar-refractivity contribution in [1.82, 2.24) is 0 Å². The summed E-state index contributed by atoms with van der Waals surface area (Å²) in [6.07, 6.45) is -1.32. The Labute approximate surface area is 135 Å². The molecular weight excluding hydrogens is 298 g/mol. The van der Waals surface area contributed by atoms with Gasteiger partial charge in [0.15, 0.2) is 6.29 Å². The van der Waals surface area contributed by atoms with Crippen LogP contribution >= 0.6 is 0 Å². The van der Waals surface area contributed by atoms with Crippen molar-refractivity contribution in [3.63, 3.8) is 0 Å². The van der Waals surface area contributed by atoms with Crippen molar-refractivity contribution in [2.75, 3.05) is 13.7 Å². The molecule has 1 aliphatic heterocycles. The van der Waals surface area contributed by atoms with E-state index >= 15 is 0 Å².